The average molecular weight is 360 g/mol. The van der Waals surface area contributed by atoms with Crippen LogP contribution >= 0.6 is 43.2 Å². The standard InChI is InChI=1S/C13H12Br2S/c14-12(10-4-2-1-3-5-10)7-6-11-8-16-9-13(11)15/h1-5,8-9,12H,6-7H2. The van der Waals surface area contributed by atoms with Crippen LogP contribution in [0.5, 0.6) is 0 Å². The van der Waals surface area contributed by atoms with Crippen LogP contribution in [-0.4, -0.2) is 0 Å². The highest BCUT2D eigenvalue weighted by Gasteiger charge is 2.08. The zero-order chi connectivity index (χ0) is 11.4. The molecule has 0 fully saturated rings. The van der Waals surface area contributed by atoms with Gasteiger partial charge < -0.3 is 0 Å². The second-order valence-electron chi connectivity index (χ2n) is 3.66. The Morgan fingerprint density at radius 1 is 1.12 bits per heavy atom. The average Bonchev–Trinajstić information content (AvgIpc) is 2.73. The van der Waals surface area contributed by atoms with E-state index in [0.717, 1.165) is 12.8 Å². The number of aryl methyl sites for hydroxylation is 1. The minimum Gasteiger partial charge on any atom is -0.151 e. The van der Waals surface area contributed by atoms with Crippen molar-refractivity contribution < 1.29 is 0 Å². The van der Waals surface area contributed by atoms with Gasteiger partial charge in [0.05, 0.1) is 0 Å². The number of alkyl halides is 1. The van der Waals surface area contributed by atoms with Gasteiger partial charge in [-0.3, -0.25) is 0 Å². The van der Waals surface area contributed by atoms with Gasteiger partial charge in [0.15, 0.2) is 0 Å². The van der Waals surface area contributed by atoms with E-state index in [0.29, 0.717) is 4.83 Å². The van der Waals surface area contributed by atoms with Gasteiger partial charge in [-0.2, -0.15) is 11.3 Å². The van der Waals surface area contributed by atoms with E-state index in [4.69, 9.17) is 0 Å². The van der Waals surface area contributed by atoms with E-state index >= 15 is 0 Å². The molecule has 84 valence electrons. The van der Waals surface area contributed by atoms with Crippen LogP contribution in [0.15, 0.2) is 45.6 Å². The second kappa shape index (κ2) is 5.99. The Kier molecular flexibility index (Phi) is 4.62. The molecular weight excluding hydrogens is 348 g/mol. The van der Waals surface area contributed by atoms with Crippen LogP contribution in [0.1, 0.15) is 22.4 Å². The van der Waals surface area contributed by atoms with Crippen LogP contribution in [-0.2, 0) is 6.42 Å². The summed E-state index contributed by atoms with van der Waals surface area (Å²) in [7, 11) is 0. The van der Waals surface area contributed by atoms with Crippen molar-refractivity contribution in [1.29, 1.82) is 0 Å². The molecule has 1 heterocycles. The molecule has 1 atom stereocenters. The molecule has 16 heavy (non-hydrogen) atoms. The second-order valence-corrected chi connectivity index (χ2v) is 6.37. The van der Waals surface area contributed by atoms with Gasteiger partial charge in [-0.15, -0.1) is 0 Å². The quantitative estimate of drug-likeness (QED) is 0.625. The summed E-state index contributed by atoms with van der Waals surface area (Å²) in [5, 5.41) is 4.36. The van der Waals surface area contributed by atoms with Crippen LogP contribution in [0.4, 0.5) is 0 Å². The molecule has 1 aromatic carbocycles. The van der Waals surface area contributed by atoms with Gasteiger partial charge in [-0.05, 0) is 45.3 Å². The van der Waals surface area contributed by atoms with E-state index in [1.54, 1.807) is 11.3 Å². The molecule has 0 aliphatic heterocycles. The van der Waals surface area contributed by atoms with E-state index < -0.39 is 0 Å². The molecule has 0 nitrogen and oxygen atoms in total. The van der Waals surface area contributed by atoms with Crippen molar-refractivity contribution in [2.45, 2.75) is 17.7 Å². The van der Waals surface area contributed by atoms with E-state index in [-0.39, 0.29) is 0 Å². The molecule has 0 N–H and O–H groups in total. The highest BCUT2D eigenvalue weighted by molar-refractivity contribution is 9.10. The first kappa shape index (κ1) is 12.3. The topological polar surface area (TPSA) is 0 Å². The molecule has 0 aliphatic rings. The van der Waals surface area contributed by atoms with Crippen molar-refractivity contribution in [1.82, 2.24) is 0 Å². The first-order valence-corrected chi connectivity index (χ1v) is 7.82. The van der Waals surface area contributed by atoms with E-state index in [2.05, 4.69) is 73.0 Å². The molecular formula is C13H12Br2S. The van der Waals surface area contributed by atoms with Crippen LogP contribution in [0.2, 0.25) is 0 Å². The molecule has 3 heteroatoms. The van der Waals surface area contributed by atoms with Gasteiger partial charge in [0.1, 0.15) is 0 Å². The predicted molar refractivity (Wildman–Crippen MR) is 78.5 cm³/mol. The Bertz CT molecular complexity index is 436. The SMILES string of the molecule is Brc1cscc1CCC(Br)c1ccccc1. The molecule has 2 rings (SSSR count). The Labute approximate surface area is 117 Å². The van der Waals surface area contributed by atoms with Crippen molar-refractivity contribution >= 4 is 43.2 Å². The maximum atomic E-state index is 3.74. The molecule has 1 aromatic heterocycles. The Hall–Kier alpha value is -0.120. The molecule has 0 amide bonds. The minimum absolute atomic E-state index is 0.445. The number of halogens is 2. The largest absolute Gasteiger partial charge is 0.151 e. The molecule has 0 aliphatic carbocycles. The first-order valence-electron chi connectivity index (χ1n) is 5.17. The molecule has 0 radical (unpaired) electrons. The Balaban J connectivity index is 1.94. The van der Waals surface area contributed by atoms with Gasteiger partial charge in [0.2, 0.25) is 0 Å². The molecule has 1 unspecified atom stereocenters. The summed E-state index contributed by atoms with van der Waals surface area (Å²) in [6, 6.07) is 10.6. The van der Waals surface area contributed by atoms with E-state index in [1.807, 2.05) is 0 Å². The number of thiophene rings is 1. The van der Waals surface area contributed by atoms with Crippen molar-refractivity contribution in [3.05, 3.63) is 56.7 Å². The Morgan fingerprint density at radius 3 is 2.50 bits per heavy atom. The number of hydrogen-bond donors (Lipinski definition) is 0. The zero-order valence-corrected chi connectivity index (χ0v) is 12.7. The van der Waals surface area contributed by atoms with Crippen molar-refractivity contribution in [2.75, 3.05) is 0 Å². The van der Waals surface area contributed by atoms with Gasteiger partial charge in [-0.1, -0.05) is 46.3 Å². The van der Waals surface area contributed by atoms with Crippen LogP contribution in [0.25, 0.3) is 0 Å². The van der Waals surface area contributed by atoms with Gasteiger partial charge >= 0.3 is 0 Å². The van der Waals surface area contributed by atoms with Crippen molar-refractivity contribution in [3.8, 4) is 0 Å². The van der Waals surface area contributed by atoms with Crippen molar-refractivity contribution in [3.63, 3.8) is 0 Å². The first-order chi connectivity index (χ1) is 7.77. The summed E-state index contributed by atoms with van der Waals surface area (Å²) >= 11 is 9.06. The lowest BCUT2D eigenvalue weighted by Crippen LogP contribution is -1.92. The van der Waals surface area contributed by atoms with Crippen LogP contribution in [0.3, 0.4) is 0 Å². The summed E-state index contributed by atoms with van der Waals surface area (Å²) in [5.74, 6) is 0. The number of rotatable bonds is 4. The fourth-order valence-electron chi connectivity index (χ4n) is 1.60. The molecule has 0 saturated heterocycles. The predicted octanol–water partition coefficient (Wildman–Crippen LogP) is 5.58. The highest BCUT2D eigenvalue weighted by atomic mass is 79.9. The van der Waals surface area contributed by atoms with Gasteiger partial charge in [-0.25, -0.2) is 0 Å². The molecule has 0 bridgehead atoms. The zero-order valence-electron chi connectivity index (χ0n) is 8.70. The van der Waals surface area contributed by atoms with E-state index in [1.165, 1.54) is 15.6 Å². The smallest absolute Gasteiger partial charge is 0.0398 e. The maximum absolute atomic E-state index is 3.74. The lowest BCUT2D eigenvalue weighted by Gasteiger charge is -2.09. The third kappa shape index (κ3) is 3.19. The van der Waals surface area contributed by atoms with Gasteiger partial charge in [0.25, 0.3) is 0 Å². The monoisotopic (exact) mass is 358 g/mol. The fourth-order valence-corrected chi connectivity index (χ4v) is 3.67. The fraction of sp³-hybridized carbons (Fsp3) is 0.231. The highest BCUT2D eigenvalue weighted by Crippen LogP contribution is 2.30. The Morgan fingerprint density at radius 2 is 1.88 bits per heavy atom. The lowest BCUT2D eigenvalue weighted by atomic mass is 10.1. The van der Waals surface area contributed by atoms with Gasteiger partial charge in [0, 0.05) is 14.7 Å². The third-order valence-electron chi connectivity index (χ3n) is 2.52. The summed E-state index contributed by atoms with van der Waals surface area (Å²) in [6.45, 7) is 0. The molecule has 2 aromatic rings. The molecule has 0 saturated carbocycles. The van der Waals surface area contributed by atoms with Crippen LogP contribution in [0, 0.1) is 0 Å². The number of hydrogen-bond acceptors (Lipinski definition) is 1. The lowest BCUT2D eigenvalue weighted by molar-refractivity contribution is 0.813. The summed E-state index contributed by atoms with van der Waals surface area (Å²) in [6.07, 6.45) is 2.23. The summed E-state index contributed by atoms with van der Waals surface area (Å²) in [5.41, 5.74) is 2.76. The minimum atomic E-state index is 0.445. The van der Waals surface area contributed by atoms with Crippen LogP contribution < -0.4 is 0 Å². The number of benzene rings is 1. The summed E-state index contributed by atoms with van der Waals surface area (Å²) < 4.78 is 1.24. The van der Waals surface area contributed by atoms with E-state index in [9.17, 15) is 0 Å². The normalized spacial score (nSPS) is 12.6. The van der Waals surface area contributed by atoms with Crippen molar-refractivity contribution in [2.24, 2.45) is 0 Å². The summed E-state index contributed by atoms with van der Waals surface area (Å²) in [4.78, 5) is 0.445. The maximum Gasteiger partial charge on any atom is 0.0398 e. The molecule has 0 spiro atoms. The third-order valence-corrected chi connectivity index (χ3v) is 5.34.